The van der Waals surface area contributed by atoms with Gasteiger partial charge in [0.2, 0.25) is 0 Å². The monoisotopic (exact) mass is 389 g/mol. The summed E-state index contributed by atoms with van der Waals surface area (Å²) in [4.78, 5) is 15.4. The Bertz CT molecular complexity index is 1150. The van der Waals surface area contributed by atoms with Gasteiger partial charge < -0.3 is 0 Å². The molecule has 3 aromatic heterocycles. The fraction of sp³-hybridized carbons (Fsp3) is 0.227. The number of aromatic nitrogens is 3. The predicted octanol–water partition coefficient (Wildman–Crippen LogP) is 6.06. The molecule has 134 valence electrons. The zero-order valence-electron chi connectivity index (χ0n) is 14.9. The number of hydrogen-bond donors (Lipinski definition) is 0. The van der Waals surface area contributed by atoms with Crippen LogP contribution < -0.4 is 0 Å². The molecular formula is C22H19N3S2. The van der Waals surface area contributed by atoms with E-state index in [2.05, 4.69) is 46.9 Å². The summed E-state index contributed by atoms with van der Waals surface area (Å²) in [6.07, 6.45) is 8.29. The summed E-state index contributed by atoms with van der Waals surface area (Å²) < 4.78 is 1.16. The van der Waals surface area contributed by atoms with E-state index in [1.54, 1.807) is 29.4 Å². The second-order valence-electron chi connectivity index (χ2n) is 6.73. The van der Waals surface area contributed by atoms with E-state index in [-0.39, 0.29) is 0 Å². The zero-order chi connectivity index (χ0) is 18.2. The number of thioether (sulfide) groups is 1. The quantitative estimate of drug-likeness (QED) is 0.241. The summed E-state index contributed by atoms with van der Waals surface area (Å²) in [5, 5.41) is 2.29. The summed E-state index contributed by atoms with van der Waals surface area (Å²) in [7, 11) is 0. The molecule has 1 aliphatic carbocycles. The Morgan fingerprint density at radius 2 is 1.89 bits per heavy atom. The van der Waals surface area contributed by atoms with Gasteiger partial charge in [-0.2, -0.15) is 0 Å². The van der Waals surface area contributed by atoms with Crippen LogP contribution in [0.2, 0.25) is 0 Å². The van der Waals surface area contributed by atoms with Crippen LogP contribution in [0.25, 0.3) is 31.7 Å². The van der Waals surface area contributed by atoms with E-state index in [0.29, 0.717) is 0 Å². The number of aryl methyl sites for hydroxylation is 1. The fourth-order valence-corrected chi connectivity index (χ4v) is 5.89. The Morgan fingerprint density at radius 3 is 2.70 bits per heavy atom. The number of benzene rings is 1. The van der Waals surface area contributed by atoms with Crippen molar-refractivity contribution in [2.75, 3.05) is 5.75 Å². The SMILES string of the molecule is C=CCSc1ncnc2c1sc1nc(-c3ccccc3)c3c(c12)CCCC3. The number of rotatable bonds is 4. The van der Waals surface area contributed by atoms with Gasteiger partial charge in [-0.15, -0.1) is 29.7 Å². The normalized spacial score (nSPS) is 13.8. The van der Waals surface area contributed by atoms with Crippen LogP contribution in [0.5, 0.6) is 0 Å². The molecule has 0 spiro atoms. The first kappa shape index (κ1) is 16.9. The van der Waals surface area contributed by atoms with Crippen LogP contribution in [0.4, 0.5) is 0 Å². The third kappa shape index (κ3) is 2.86. The van der Waals surface area contributed by atoms with E-state index in [4.69, 9.17) is 4.98 Å². The summed E-state index contributed by atoms with van der Waals surface area (Å²) in [5.41, 5.74) is 6.30. The van der Waals surface area contributed by atoms with Crippen molar-refractivity contribution in [3.05, 3.63) is 60.4 Å². The van der Waals surface area contributed by atoms with Crippen LogP contribution >= 0.6 is 23.1 Å². The standard InChI is InChI=1S/C22H19N3S2/c1-2-12-26-22-20-19(23-13-24-22)17-15-10-6-7-11-16(15)18(25-21(17)27-20)14-8-4-3-5-9-14/h2-5,8-9,13H,1,6-7,10-12H2. The first-order valence-corrected chi connectivity index (χ1v) is 11.0. The van der Waals surface area contributed by atoms with E-state index >= 15 is 0 Å². The molecule has 0 bridgehead atoms. The van der Waals surface area contributed by atoms with Crippen LogP contribution in [0, 0.1) is 0 Å². The van der Waals surface area contributed by atoms with Gasteiger partial charge in [-0.1, -0.05) is 36.4 Å². The highest BCUT2D eigenvalue weighted by atomic mass is 32.2. The maximum absolute atomic E-state index is 5.14. The Kier molecular flexibility index (Phi) is 4.42. The molecule has 5 rings (SSSR count). The molecular weight excluding hydrogens is 370 g/mol. The highest BCUT2D eigenvalue weighted by molar-refractivity contribution is 7.99. The van der Waals surface area contributed by atoms with Crippen LogP contribution in [0.3, 0.4) is 0 Å². The van der Waals surface area contributed by atoms with Crippen molar-refractivity contribution < 1.29 is 0 Å². The first-order chi connectivity index (χ1) is 13.4. The third-order valence-corrected chi connectivity index (χ3v) is 7.27. The lowest BCUT2D eigenvalue weighted by atomic mass is 9.87. The Hall–Kier alpha value is -2.24. The Balaban J connectivity index is 1.82. The minimum absolute atomic E-state index is 0.848. The molecule has 3 nitrogen and oxygen atoms in total. The summed E-state index contributed by atoms with van der Waals surface area (Å²) in [5.74, 6) is 0.848. The molecule has 1 aliphatic rings. The lowest BCUT2D eigenvalue weighted by molar-refractivity contribution is 0.689. The molecule has 1 aromatic carbocycles. The van der Waals surface area contributed by atoms with E-state index in [9.17, 15) is 0 Å². The number of fused-ring (bicyclic) bond motifs is 5. The van der Waals surface area contributed by atoms with Crippen molar-refractivity contribution in [2.24, 2.45) is 0 Å². The number of nitrogens with zero attached hydrogens (tertiary/aromatic N) is 3. The van der Waals surface area contributed by atoms with Gasteiger partial charge >= 0.3 is 0 Å². The van der Waals surface area contributed by atoms with E-state index in [1.165, 1.54) is 34.9 Å². The van der Waals surface area contributed by atoms with E-state index in [1.807, 2.05) is 6.08 Å². The van der Waals surface area contributed by atoms with Gasteiger partial charge in [0, 0.05) is 16.7 Å². The van der Waals surface area contributed by atoms with E-state index in [0.717, 1.165) is 44.4 Å². The Labute approximate surface area is 166 Å². The fourth-order valence-electron chi connectivity index (χ4n) is 3.91. The Morgan fingerprint density at radius 1 is 1.07 bits per heavy atom. The minimum atomic E-state index is 0.848. The largest absolute Gasteiger partial charge is 0.236 e. The molecule has 0 N–H and O–H groups in total. The van der Waals surface area contributed by atoms with Gasteiger partial charge in [-0.25, -0.2) is 15.0 Å². The van der Waals surface area contributed by atoms with Gasteiger partial charge in [-0.3, -0.25) is 0 Å². The van der Waals surface area contributed by atoms with Gasteiger partial charge in [0.05, 0.1) is 15.9 Å². The summed E-state index contributed by atoms with van der Waals surface area (Å²) in [6, 6.07) is 10.6. The molecule has 3 heterocycles. The molecule has 0 unspecified atom stereocenters. The van der Waals surface area contributed by atoms with Gasteiger partial charge in [0.1, 0.15) is 16.2 Å². The number of hydrogen-bond acceptors (Lipinski definition) is 5. The highest BCUT2D eigenvalue weighted by Gasteiger charge is 2.23. The van der Waals surface area contributed by atoms with Crippen LogP contribution in [0.1, 0.15) is 24.0 Å². The molecule has 0 saturated heterocycles. The lowest BCUT2D eigenvalue weighted by Gasteiger charge is -2.20. The van der Waals surface area contributed by atoms with Gasteiger partial charge in [0.25, 0.3) is 0 Å². The maximum Gasteiger partial charge on any atom is 0.127 e. The first-order valence-electron chi connectivity index (χ1n) is 9.25. The highest BCUT2D eigenvalue weighted by Crippen LogP contribution is 2.43. The molecule has 0 atom stereocenters. The van der Waals surface area contributed by atoms with Crippen molar-refractivity contribution in [1.29, 1.82) is 0 Å². The second-order valence-corrected chi connectivity index (χ2v) is 8.74. The van der Waals surface area contributed by atoms with Crippen molar-refractivity contribution in [2.45, 2.75) is 30.7 Å². The molecule has 0 amide bonds. The molecule has 5 heteroatoms. The van der Waals surface area contributed by atoms with Crippen molar-refractivity contribution >= 4 is 43.5 Å². The molecule has 27 heavy (non-hydrogen) atoms. The van der Waals surface area contributed by atoms with Gasteiger partial charge in [-0.05, 0) is 36.8 Å². The van der Waals surface area contributed by atoms with Crippen LogP contribution in [-0.4, -0.2) is 20.7 Å². The molecule has 0 aliphatic heterocycles. The summed E-state index contributed by atoms with van der Waals surface area (Å²) >= 11 is 3.45. The van der Waals surface area contributed by atoms with Crippen molar-refractivity contribution in [1.82, 2.24) is 15.0 Å². The van der Waals surface area contributed by atoms with Crippen molar-refractivity contribution in [3.8, 4) is 11.3 Å². The minimum Gasteiger partial charge on any atom is -0.236 e. The molecule has 0 fully saturated rings. The molecule has 0 saturated carbocycles. The summed E-state index contributed by atoms with van der Waals surface area (Å²) in [6.45, 7) is 3.83. The topological polar surface area (TPSA) is 38.7 Å². The average molecular weight is 390 g/mol. The number of thiophene rings is 1. The van der Waals surface area contributed by atoms with Crippen molar-refractivity contribution in [3.63, 3.8) is 0 Å². The second kappa shape index (κ2) is 7.06. The molecule has 4 aromatic rings. The average Bonchev–Trinajstić information content (AvgIpc) is 3.11. The maximum atomic E-state index is 5.14. The van der Waals surface area contributed by atoms with E-state index < -0.39 is 0 Å². The van der Waals surface area contributed by atoms with Crippen LogP contribution in [-0.2, 0) is 12.8 Å². The van der Waals surface area contributed by atoms with Crippen LogP contribution in [0.15, 0.2) is 54.3 Å². The third-order valence-electron chi connectivity index (χ3n) is 5.07. The zero-order valence-corrected chi connectivity index (χ0v) is 16.6. The predicted molar refractivity (Wildman–Crippen MR) is 116 cm³/mol. The lowest BCUT2D eigenvalue weighted by Crippen LogP contribution is -2.07. The van der Waals surface area contributed by atoms with Gasteiger partial charge in [0.15, 0.2) is 0 Å². The molecule has 0 radical (unpaired) electrons. The smallest absolute Gasteiger partial charge is 0.127 e. The number of pyridine rings is 1.